The van der Waals surface area contributed by atoms with E-state index in [1.165, 1.54) is 18.3 Å². The summed E-state index contributed by atoms with van der Waals surface area (Å²) in [5.74, 6) is -0.629. The lowest BCUT2D eigenvalue weighted by atomic mass is 9.74. The van der Waals surface area contributed by atoms with Crippen LogP contribution in [-0.2, 0) is 6.67 Å². The number of halogens is 3. The minimum atomic E-state index is -0.902. The van der Waals surface area contributed by atoms with E-state index in [1.807, 2.05) is 0 Å². The summed E-state index contributed by atoms with van der Waals surface area (Å²) < 4.78 is 45.9. The molecule has 2 heterocycles. The molecule has 4 rings (SSSR count). The average molecular weight is 518 g/mol. The van der Waals surface area contributed by atoms with Crippen LogP contribution in [0.15, 0.2) is 42.6 Å². The molecule has 37 heavy (non-hydrogen) atoms. The van der Waals surface area contributed by atoms with E-state index in [0.717, 1.165) is 32.0 Å². The number of alkyl halides is 1. The molecule has 2 aromatic carbocycles. The van der Waals surface area contributed by atoms with E-state index in [1.54, 1.807) is 25.3 Å². The van der Waals surface area contributed by atoms with Crippen LogP contribution in [0.3, 0.4) is 0 Å². The maximum absolute atomic E-state index is 13.8. The molecular formula is C28H34F3N3O3. The monoisotopic (exact) mass is 517 g/mol. The fourth-order valence-electron chi connectivity index (χ4n) is 5.20. The first kappa shape index (κ1) is 27.2. The van der Waals surface area contributed by atoms with Crippen molar-refractivity contribution in [3.05, 3.63) is 65.4 Å². The van der Waals surface area contributed by atoms with Crippen molar-refractivity contribution in [3.63, 3.8) is 0 Å². The minimum absolute atomic E-state index is 0.00919. The Kier molecular flexibility index (Phi) is 8.89. The SMILES string of the molecule is COc1ccc2ncc(CF)c([C@H](O)CCC3(CO)CCN(CCNc4cc(F)cc(F)c4)CC3)c2c1. The Labute approximate surface area is 215 Å². The second-order valence-corrected chi connectivity index (χ2v) is 9.85. The Morgan fingerprint density at radius 1 is 1.14 bits per heavy atom. The van der Waals surface area contributed by atoms with Crippen molar-refractivity contribution < 1.29 is 28.1 Å². The van der Waals surface area contributed by atoms with Crippen molar-refractivity contribution >= 4 is 16.6 Å². The van der Waals surface area contributed by atoms with Crippen LogP contribution in [0, 0.1) is 17.0 Å². The number of fused-ring (bicyclic) bond motifs is 1. The number of nitrogens with zero attached hydrogens (tertiary/aromatic N) is 2. The van der Waals surface area contributed by atoms with Crippen LogP contribution in [0.25, 0.3) is 10.9 Å². The molecule has 1 saturated heterocycles. The molecular weight excluding hydrogens is 483 g/mol. The van der Waals surface area contributed by atoms with E-state index in [2.05, 4.69) is 15.2 Å². The lowest BCUT2D eigenvalue weighted by molar-refractivity contribution is 0.0247. The third kappa shape index (κ3) is 6.52. The first-order valence-electron chi connectivity index (χ1n) is 12.6. The van der Waals surface area contributed by atoms with Gasteiger partial charge in [0.05, 0.1) is 18.7 Å². The molecule has 0 unspecified atom stereocenters. The van der Waals surface area contributed by atoms with E-state index < -0.39 is 24.4 Å². The quantitative estimate of drug-likeness (QED) is 0.333. The Bertz CT molecular complexity index is 1180. The maximum Gasteiger partial charge on any atom is 0.128 e. The standard InChI is InChI=1S/C28H34F3N3O3/c1-37-23-2-3-25-24(15-23)27(19(16-29)17-33-25)26(36)4-5-28(18-35)6-9-34(10-7-28)11-8-32-22-13-20(30)12-21(31)14-22/h2-3,12-15,17,26,32,35-36H,4-11,16,18H2,1H3/t26-/m1/s1. The molecule has 0 radical (unpaired) electrons. The summed E-state index contributed by atoms with van der Waals surface area (Å²) >= 11 is 0. The molecule has 1 aromatic heterocycles. The van der Waals surface area contributed by atoms with Gasteiger partial charge in [-0.25, -0.2) is 13.2 Å². The number of aromatic nitrogens is 1. The topological polar surface area (TPSA) is 77.8 Å². The van der Waals surface area contributed by atoms with Gasteiger partial charge >= 0.3 is 0 Å². The van der Waals surface area contributed by atoms with Gasteiger partial charge in [-0.05, 0) is 80.1 Å². The maximum atomic E-state index is 13.8. The number of piperidine rings is 1. The van der Waals surface area contributed by atoms with E-state index in [4.69, 9.17) is 4.74 Å². The second kappa shape index (κ2) is 12.1. The van der Waals surface area contributed by atoms with Gasteiger partial charge in [-0.3, -0.25) is 4.98 Å². The van der Waals surface area contributed by atoms with Crippen LogP contribution >= 0.6 is 0 Å². The molecule has 3 N–H and O–H groups in total. The summed E-state index contributed by atoms with van der Waals surface area (Å²) in [7, 11) is 1.55. The molecule has 0 aliphatic carbocycles. The van der Waals surface area contributed by atoms with Crippen molar-refractivity contribution in [2.24, 2.45) is 5.41 Å². The number of aliphatic hydroxyl groups is 2. The zero-order chi connectivity index (χ0) is 26.4. The number of aliphatic hydroxyl groups excluding tert-OH is 2. The third-order valence-corrected chi connectivity index (χ3v) is 7.50. The molecule has 0 spiro atoms. The lowest BCUT2D eigenvalue weighted by Gasteiger charge is -2.41. The molecule has 200 valence electrons. The first-order valence-corrected chi connectivity index (χ1v) is 12.6. The number of pyridine rings is 1. The third-order valence-electron chi connectivity index (χ3n) is 7.50. The predicted octanol–water partition coefficient (Wildman–Crippen LogP) is 4.99. The number of hydrogen-bond acceptors (Lipinski definition) is 6. The van der Waals surface area contributed by atoms with Crippen LogP contribution in [0.1, 0.15) is 42.9 Å². The molecule has 0 saturated carbocycles. The number of ether oxygens (including phenoxy) is 1. The highest BCUT2D eigenvalue weighted by atomic mass is 19.1. The van der Waals surface area contributed by atoms with E-state index in [0.29, 0.717) is 59.4 Å². The number of methoxy groups -OCH3 is 1. The molecule has 1 fully saturated rings. The Balaban J connectivity index is 1.35. The smallest absolute Gasteiger partial charge is 0.128 e. The second-order valence-electron chi connectivity index (χ2n) is 9.85. The Hall–Kier alpha value is -2.88. The number of anilines is 1. The van der Waals surface area contributed by atoms with E-state index in [9.17, 15) is 23.4 Å². The summed E-state index contributed by atoms with van der Waals surface area (Å²) in [4.78, 5) is 6.56. The lowest BCUT2D eigenvalue weighted by Crippen LogP contribution is -2.43. The van der Waals surface area contributed by atoms with E-state index in [-0.39, 0.29) is 12.0 Å². The van der Waals surface area contributed by atoms with Crippen LogP contribution in [0.2, 0.25) is 0 Å². The average Bonchev–Trinajstić information content (AvgIpc) is 2.91. The summed E-state index contributed by atoms with van der Waals surface area (Å²) in [6.07, 6.45) is 3.06. The molecule has 1 aliphatic rings. The number of likely N-dealkylation sites (tertiary alicyclic amines) is 1. The number of rotatable bonds is 11. The normalized spacial score (nSPS) is 16.6. The van der Waals surface area contributed by atoms with Crippen molar-refractivity contribution in [2.45, 2.75) is 38.5 Å². The van der Waals surface area contributed by atoms with Crippen molar-refractivity contribution in [1.29, 1.82) is 0 Å². The number of hydrogen-bond donors (Lipinski definition) is 3. The summed E-state index contributed by atoms with van der Waals surface area (Å²) in [6.45, 7) is 2.05. The highest BCUT2D eigenvalue weighted by Crippen LogP contribution is 2.40. The van der Waals surface area contributed by atoms with Crippen molar-refractivity contribution in [3.8, 4) is 5.75 Å². The van der Waals surface area contributed by atoms with Gasteiger partial charge in [0.25, 0.3) is 0 Å². The van der Waals surface area contributed by atoms with Gasteiger partial charge in [-0.1, -0.05) is 0 Å². The van der Waals surface area contributed by atoms with Crippen LogP contribution in [0.5, 0.6) is 5.75 Å². The molecule has 9 heteroatoms. The zero-order valence-electron chi connectivity index (χ0n) is 21.0. The largest absolute Gasteiger partial charge is 0.497 e. The van der Waals surface area contributed by atoms with Gasteiger partial charge in [0.1, 0.15) is 24.1 Å². The molecule has 1 atom stereocenters. The van der Waals surface area contributed by atoms with Gasteiger partial charge in [-0.15, -0.1) is 0 Å². The minimum Gasteiger partial charge on any atom is -0.497 e. The summed E-state index contributed by atoms with van der Waals surface area (Å²) in [5, 5.41) is 25.1. The van der Waals surface area contributed by atoms with Crippen molar-refractivity contribution in [2.75, 3.05) is 45.2 Å². The molecule has 0 bridgehead atoms. The number of benzene rings is 2. The molecule has 1 aliphatic heterocycles. The first-order chi connectivity index (χ1) is 17.9. The van der Waals surface area contributed by atoms with E-state index >= 15 is 0 Å². The summed E-state index contributed by atoms with van der Waals surface area (Å²) in [6, 6.07) is 8.70. The highest BCUT2D eigenvalue weighted by Gasteiger charge is 2.34. The van der Waals surface area contributed by atoms with Crippen LogP contribution < -0.4 is 10.1 Å². The van der Waals surface area contributed by atoms with Crippen LogP contribution in [-0.4, -0.2) is 60.0 Å². The Morgan fingerprint density at radius 3 is 2.51 bits per heavy atom. The van der Waals surface area contributed by atoms with Gasteiger partial charge in [0.2, 0.25) is 0 Å². The molecule has 3 aromatic rings. The van der Waals surface area contributed by atoms with Gasteiger partial charge < -0.3 is 25.2 Å². The molecule has 0 amide bonds. The predicted molar refractivity (Wildman–Crippen MR) is 137 cm³/mol. The van der Waals surface area contributed by atoms with Gasteiger partial charge in [0.15, 0.2) is 0 Å². The fourth-order valence-corrected chi connectivity index (χ4v) is 5.20. The molecule has 6 nitrogen and oxygen atoms in total. The Morgan fingerprint density at radius 2 is 1.86 bits per heavy atom. The van der Waals surface area contributed by atoms with Gasteiger partial charge in [0, 0.05) is 48.6 Å². The fraction of sp³-hybridized carbons (Fsp3) is 0.464. The zero-order valence-corrected chi connectivity index (χ0v) is 21.0. The summed E-state index contributed by atoms with van der Waals surface area (Å²) in [5.41, 5.74) is 1.62. The number of nitrogens with one attached hydrogen (secondary N) is 1. The van der Waals surface area contributed by atoms with Crippen LogP contribution in [0.4, 0.5) is 18.9 Å². The van der Waals surface area contributed by atoms with Crippen molar-refractivity contribution in [1.82, 2.24) is 9.88 Å². The highest BCUT2D eigenvalue weighted by molar-refractivity contribution is 5.85. The van der Waals surface area contributed by atoms with Gasteiger partial charge in [-0.2, -0.15) is 0 Å².